The van der Waals surface area contributed by atoms with Crippen molar-refractivity contribution < 1.29 is 14.7 Å². The molecule has 4 atom stereocenters. The summed E-state index contributed by atoms with van der Waals surface area (Å²) in [5, 5.41) is 10.5. The van der Waals surface area contributed by atoms with Gasteiger partial charge in [0.15, 0.2) is 12.5 Å². The average Bonchev–Trinajstić information content (AvgIpc) is 2.76. The molecule has 0 saturated carbocycles. The van der Waals surface area contributed by atoms with Crippen molar-refractivity contribution in [1.82, 2.24) is 5.06 Å². The maximum atomic E-state index is 9.29. The highest BCUT2D eigenvalue weighted by atomic mass is 16.7. The molecule has 3 rings (SSSR count). The predicted octanol–water partition coefficient (Wildman–Crippen LogP) is -0.0788. The van der Waals surface area contributed by atoms with E-state index in [2.05, 4.69) is 0 Å². The Kier molecular flexibility index (Phi) is 0.840. The first-order valence-electron chi connectivity index (χ1n) is 3.64. The standard InChI is InChI=1S/C6H9NO3/c8-7-5-3(9-5)1-2-4-6(7)10-4/h3-6,8H,1-2H2. The van der Waals surface area contributed by atoms with Crippen molar-refractivity contribution in [2.24, 2.45) is 0 Å². The maximum absolute atomic E-state index is 9.29. The van der Waals surface area contributed by atoms with E-state index >= 15 is 0 Å². The van der Waals surface area contributed by atoms with Crippen LogP contribution in [0.1, 0.15) is 12.8 Å². The molecule has 0 aromatic rings. The number of nitrogens with zero attached hydrogens (tertiary/aromatic N) is 1. The van der Waals surface area contributed by atoms with Gasteiger partial charge in [-0.15, -0.1) is 5.06 Å². The minimum atomic E-state index is -0.0579. The Bertz CT molecular complexity index is 156. The van der Waals surface area contributed by atoms with Gasteiger partial charge in [-0.25, -0.2) is 0 Å². The lowest BCUT2D eigenvalue weighted by Crippen LogP contribution is -2.27. The number of hydrogen-bond acceptors (Lipinski definition) is 4. The van der Waals surface area contributed by atoms with Crippen molar-refractivity contribution in [1.29, 1.82) is 0 Å². The van der Waals surface area contributed by atoms with Gasteiger partial charge in [0.2, 0.25) is 0 Å². The van der Waals surface area contributed by atoms with E-state index in [1.54, 1.807) is 0 Å². The van der Waals surface area contributed by atoms with E-state index in [1.807, 2.05) is 0 Å². The number of hydroxylamine groups is 2. The highest BCUT2D eigenvalue weighted by Gasteiger charge is 2.57. The van der Waals surface area contributed by atoms with Gasteiger partial charge in [0.25, 0.3) is 0 Å². The Balaban J connectivity index is 1.82. The van der Waals surface area contributed by atoms with E-state index in [1.165, 1.54) is 5.06 Å². The molecule has 0 bridgehead atoms. The zero-order chi connectivity index (χ0) is 6.72. The molecule has 0 radical (unpaired) electrons. The topological polar surface area (TPSA) is 48.5 Å². The van der Waals surface area contributed by atoms with E-state index < -0.39 is 0 Å². The zero-order valence-corrected chi connectivity index (χ0v) is 5.43. The summed E-state index contributed by atoms with van der Waals surface area (Å²) in [6, 6.07) is 0. The maximum Gasteiger partial charge on any atom is 0.162 e. The van der Waals surface area contributed by atoms with Gasteiger partial charge < -0.3 is 14.7 Å². The average molecular weight is 143 g/mol. The molecule has 1 N–H and O–H groups in total. The molecule has 56 valence electrons. The number of fused-ring (bicyclic) bond motifs is 2. The molecule has 10 heavy (non-hydrogen) atoms. The lowest BCUT2D eigenvalue weighted by molar-refractivity contribution is -0.154. The Labute approximate surface area is 58.3 Å². The largest absolute Gasteiger partial charge is 0.351 e. The SMILES string of the molecule is ON1C2OC2CCC2OC21. The summed E-state index contributed by atoms with van der Waals surface area (Å²) in [4.78, 5) is 0. The smallest absolute Gasteiger partial charge is 0.162 e. The highest BCUT2D eigenvalue weighted by Crippen LogP contribution is 2.42. The number of epoxide rings is 2. The molecule has 0 aliphatic carbocycles. The summed E-state index contributed by atoms with van der Waals surface area (Å²) in [7, 11) is 0. The van der Waals surface area contributed by atoms with Crippen LogP contribution in [0.25, 0.3) is 0 Å². The molecule has 0 spiro atoms. The first-order valence-corrected chi connectivity index (χ1v) is 3.64. The molecule has 0 aromatic carbocycles. The monoisotopic (exact) mass is 143 g/mol. The van der Waals surface area contributed by atoms with Crippen molar-refractivity contribution in [3.63, 3.8) is 0 Å². The van der Waals surface area contributed by atoms with Gasteiger partial charge in [-0.1, -0.05) is 0 Å². The molecule has 3 aliphatic rings. The fourth-order valence-electron chi connectivity index (χ4n) is 1.63. The predicted molar refractivity (Wildman–Crippen MR) is 30.2 cm³/mol. The van der Waals surface area contributed by atoms with E-state index in [9.17, 15) is 5.21 Å². The Hall–Kier alpha value is -0.160. The Morgan fingerprint density at radius 3 is 2.10 bits per heavy atom. The fourth-order valence-corrected chi connectivity index (χ4v) is 1.63. The highest BCUT2D eigenvalue weighted by molar-refractivity contribution is 4.95. The van der Waals surface area contributed by atoms with Gasteiger partial charge in [-0.3, -0.25) is 0 Å². The fraction of sp³-hybridized carbons (Fsp3) is 1.00. The summed E-state index contributed by atoms with van der Waals surface area (Å²) >= 11 is 0. The van der Waals surface area contributed by atoms with Gasteiger partial charge >= 0.3 is 0 Å². The molecule has 3 fully saturated rings. The minimum absolute atomic E-state index is 0.0579. The second-order valence-electron chi connectivity index (χ2n) is 3.09. The number of hydrogen-bond donors (Lipinski definition) is 1. The van der Waals surface area contributed by atoms with Crippen LogP contribution in [0.5, 0.6) is 0 Å². The zero-order valence-electron chi connectivity index (χ0n) is 5.43. The molecule has 0 amide bonds. The van der Waals surface area contributed by atoms with Crippen LogP contribution in [0.15, 0.2) is 0 Å². The summed E-state index contributed by atoms with van der Waals surface area (Å²) in [5.41, 5.74) is 0. The quantitative estimate of drug-likeness (QED) is 0.482. The molecule has 4 unspecified atom stereocenters. The Morgan fingerprint density at radius 1 is 1.10 bits per heavy atom. The van der Waals surface area contributed by atoms with Gasteiger partial charge in [0.1, 0.15) is 12.2 Å². The van der Waals surface area contributed by atoms with E-state index in [0.29, 0.717) is 0 Å². The Morgan fingerprint density at radius 2 is 1.60 bits per heavy atom. The van der Waals surface area contributed by atoms with Gasteiger partial charge in [-0.2, -0.15) is 0 Å². The van der Waals surface area contributed by atoms with Crippen LogP contribution >= 0.6 is 0 Å². The van der Waals surface area contributed by atoms with Gasteiger partial charge in [0.05, 0.1) is 0 Å². The van der Waals surface area contributed by atoms with Crippen LogP contribution in [0, 0.1) is 0 Å². The van der Waals surface area contributed by atoms with Crippen LogP contribution in [-0.2, 0) is 9.47 Å². The van der Waals surface area contributed by atoms with Crippen LogP contribution in [0.2, 0.25) is 0 Å². The number of ether oxygens (including phenoxy) is 2. The van der Waals surface area contributed by atoms with E-state index in [0.717, 1.165) is 12.8 Å². The van der Waals surface area contributed by atoms with Crippen molar-refractivity contribution >= 4 is 0 Å². The molecule has 3 saturated heterocycles. The summed E-state index contributed by atoms with van der Waals surface area (Å²) in [5.74, 6) is 0. The molecule has 4 nitrogen and oxygen atoms in total. The van der Waals surface area contributed by atoms with Crippen molar-refractivity contribution in [3.05, 3.63) is 0 Å². The third-order valence-corrected chi connectivity index (χ3v) is 2.37. The normalized spacial score (nSPS) is 58.5. The molecule has 3 heterocycles. The molecular formula is C6H9NO3. The first-order chi connectivity index (χ1) is 4.86. The molecular weight excluding hydrogens is 134 g/mol. The van der Waals surface area contributed by atoms with Crippen molar-refractivity contribution in [3.8, 4) is 0 Å². The number of rotatable bonds is 0. The van der Waals surface area contributed by atoms with Crippen LogP contribution in [0.4, 0.5) is 0 Å². The van der Waals surface area contributed by atoms with Crippen molar-refractivity contribution in [2.45, 2.75) is 37.5 Å². The minimum Gasteiger partial charge on any atom is -0.351 e. The van der Waals surface area contributed by atoms with Crippen LogP contribution in [-0.4, -0.2) is 34.9 Å². The van der Waals surface area contributed by atoms with E-state index in [4.69, 9.17) is 9.47 Å². The third kappa shape index (κ3) is 0.594. The van der Waals surface area contributed by atoms with Gasteiger partial charge in [0, 0.05) is 0 Å². The summed E-state index contributed by atoms with van der Waals surface area (Å²) in [6.45, 7) is 0. The lowest BCUT2D eigenvalue weighted by atomic mass is 10.2. The molecule has 3 aliphatic heterocycles. The van der Waals surface area contributed by atoms with E-state index in [-0.39, 0.29) is 24.7 Å². The molecule has 4 heteroatoms. The van der Waals surface area contributed by atoms with Crippen molar-refractivity contribution in [2.75, 3.05) is 0 Å². The lowest BCUT2D eigenvalue weighted by Gasteiger charge is -2.05. The molecule has 0 aromatic heterocycles. The third-order valence-electron chi connectivity index (χ3n) is 2.37. The summed E-state index contributed by atoms with van der Waals surface area (Å²) < 4.78 is 10.3. The second kappa shape index (κ2) is 1.53. The van der Waals surface area contributed by atoms with Crippen LogP contribution in [0.3, 0.4) is 0 Å². The first kappa shape index (κ1) is 5.49. The van der Waals surface area contributed by atoms with Crippen LogP contribution < -0.4 is 0 Å². The van der Waals surface area contributed by atoms with Gasteiger partial charge in [-0.05, 0) is 12.8 Å². The summed E-state index contributed by atoms with van der Waals surface area (Å²) in [6.07, 6.45) is 2.50. The second-order valence-corrected chi connectivity index (χ2v) is 3.09.